The summed E-state index contributed by atoms with van der Waals surface area (Å²) in [6, 6.07) is 0. The zero-order chi connectivity index (χ0) is 17.3. The monoisotopic (exact) mass is 332 g/mol. The number of hydrogen-bond donors (Lipinski definition) is 0. The third-order valence-corrected chi connectivity index (χ3v) is 3.31. The Labute approximate surface area is 139 Å². The first-order valence-corrected chi connectivity index (χ1v) is 8.76. The Balaban J connectivity index is 3.72. The van der Waals surface area contributed by atoms with Crippen LogP contribution in [0.4, 0.5) is 9.59 Å². The van der Waals surface area contributed by atoms with Gasteiger partial charge in [-0.3, -0.25) is 0 Å². The average molecular weight is 332 g/mol. The summed E-state index contributed by atoms with van der Waals surface area (Å²) in [5.41, 5.74) is 0. The third kappa shape index (κ3) is 13.9. The Morgan fingerprint density at radius 3 is 2.00 bits per heavy atom. The standard InChI is InChI=1S/C17H32O6/c1-4-7-12-15(23-17(19)21-6-3)13-10-8-9-11-14-22-16(18)20-5-2/h15H,4-14H2,1-3H3. The molecule has 0 amide bonds. The summed E-state index contributed by atoms with van der Waals surface area (Å²) >= 11 is 0. The van der Waals surface area contributed by atoms with Gasteiger partial charge in [0, 0.05) is 0 Å². The summed E-state index contributed by atoms with van der Waals surface area (Å²) in [4.78, 5) is 22.4. The Hall–Kier alpha value is -1.46. The van der Waals surface area contributed by atoms with Crippen molar-refractivity contribution in [3.63, 3.8) is 0 Å². The van der Waals surface area contributed by atoms with Crippen LogP contribution in [0, 0.1) is 0 Å². The van der Waals surface area contributed by atoms with Gasteiger partial charge >= 0.3 is 12.3 Å². The zero-order valence-electron chi connectivity index (χ0n) is 14.8. The number of ether oxygens (including phenoxy) is 4. The van der Waals surface area contributed by atoms with E-state index in [1.54, 1.807) is 13.8 Å². The topological polar surface area (TPSA) is 71.1 Å². The van der Waals surface area contributed by atoms with E-state index in [1.165, 1.54) is 0 Å². The summed E-state index contributed by atoms with van der Waals surface area (Å²) in [6.45, 7) is 6.68. The van der Waals surface area contributed by atoms with Crippen LogP contribution in [0.5, 0.6) is 0 Å². The van der Waals surface area contributed by atoms with Gasteiger partial charge in [0.05, 0.1) is 19.8 Å². The Kier molecular flexibility index (Phi) is 14.5. The van der Waals surface area contributed by atoms with Crippen molar-refractivity contribution in [2.75, 3.05) is 19.8 Å². The lowest BCUT2D eigenvalue weighted by Crippen LogP contribution is -2.19. The summed E-state index contributed by atoms with van der Waals surface area (Å²) in [7, 11) is 0. The molecule has 23 heavy (non-hydrogen) atoms. The number of rotatable bonds is 13. The van der Waals surface area contributed by atoms with Crippen LogP contribution in [0.15, 0.2) is 0 Å². The molecule has 6 nitrogen and oxygen atoms in total. The number of carbonyl (C=O) groups excluding carboxylic acids is 2. The van der Waals surface area contributed by atoms with E-state index in [0.29, 0.717) is 19.8 Å². The van der Waals surface area contributed by atoms with Gasteiger partial charge in [-0.05, 0) is 39.5 Å². The molecule has 0 saturated heterocycles. The van der Waals surface area contributed by atoms with Crippen molar-refractivity contribution >= 4 is 12.3 Å². The molecule has 0 aliphatic heterocycles. The van der Waals surface area contributed by atoms with E-state index in [0.717, 1.165) is 51.4 Å². The van der Waals surface area contributed by atoms with Crippen molar-refractivity contribution in [1.82, 2.24) is 0 Å². The van der Waals surface area contributed by atoms with Crippen LogP contribution in [-0.4, -0.2) is 38.2 Å². The van der Waals surface area contributed by atoms with Crippen molar-refractivity contribution in [2.24, 2.45) is 0 Å². The van der Waals surface area contributed by atoms with E-state index in [1.807, 2.05) is 0 Å². The molecule has 0 radical (unpaired) electrons. The van der Waals surface area contributed by atoms with Gasteiger partial charge < -0.3 is 18.9 Å². The van der Waals surface area contributed by atoms with Gasteiger partial charge in [-0.25, -0.2) is 9.59 Å². The summed E-state index contributed by atoms with van der Waals surface area (Å²) in [6.07, 6.45) is 6.38. The maximum atomic E-state index is 11.4. The first kappa shape index (κ1) is 21.5. The van der Waals surface area contributed by atoms with Crippen LogP contribution < -0.4 is 0 Å². The van der Waals surface area contributed by atoms with E-state index < -0.39 is 12.3 Å². The van der Waals surface area contributed by atoms with Crippen LogP contribution in [0.25, 0.3) is 0 Å². The summed E-state index contributed by atoms with van der Waals surface area (Å²) in [5.74, 6) is 0. The molecule has 1 unspecified atom stereocenters. The van der Waals surface area contributed by atoms with Crippen molar-refractivity contribution in [3.05, 3.63) is 0 Å². The van der Waals surface area contributed by atoms with Crippen LogP contribution in [0.1, 0.15) is 72.1 Å². The van der Waals surface area contributed by atoms with E-state index in [-0.39, 0.29) is 6.10 Å². The fraction of sp³-hybridized carbons (Fsp3) is 0.882. The van der Waals surface area contributed by atoms with E-state index in [9.17, 15) is 9.59 Å². The molecule has 0 fully saturated rings. The maximum Gasteiger partial charge on any atom is 0.508 e. The normalized spacial score (nSPS) is 11.6. The van der Waals surface area contributed by atoms with Crippen molar-refractivity contribution < 1.29 is 28.5 Å². The lowest BCUT2D eigenvalue weighted by molar-refractivity contribution is 0.0190. The molecular weight excluding hydrogens is 300 g/mol. The van der Waals surface area contributed by atoms with Crippen LogP contribution >= 0.6 is 0 Å². The fourth-order valence-corrected chi connectivity index (χ4v) is 2.12. The highest BCUT2D eigenvalue weighted by molar-refractivity contribution is 5.60. The minimum atomic E-state index is -0.602. The van der Waals surface area contributed by atoms with Gasteiger partial charge in [0.25, 0.3) is 0 Å². The van der Waals surface area contributed by atoms with E-state index >= 15 is 0 Å². The van der Waals surface area contributed by atoms with Gasteiger partial charge in [0.15, 0.2) is 0 Å². The van der Waals surface area contributed by atoms with E-state index in [4.69, 9.17) is 14.2 Å². The SMILES string of the molecule is CCCCC(CCCCCCOC(=O)OCC)OC(=O)OCC. The van der Waals surface area contributed by atoms with Gasteiger partial charge in [-0.2, -0.15) is 0 Å². The molecule has 0 aromatic carbocycles. The largest absolute Gasteiger partial charge is 0.508 e. The molecule has 136 valence electrons. The Morgan fingerprint density at radius 1 is 0.739 bits per heavy atom. The molecule has 0 heterocycles. The van der Waals surface area contributed by atoms with Gasteiger partial charge in [-0.1, -0.05) is 32.6 Å². The van der Waals surface area contributed by atoms with E-state index in [2.05, 4.69) is 11.7 Å². The summed E-state index contributed by atoms with van der Waals surface area (Å²) < 4.78 is 19.7. The lowest BCUT2D eigenvalue weighted by atomic mass is 10.0. The minimum absolute atomic E-state index is 0.0650. The van der Waals surface area contributed by atoms with Gasteiger partial charge in [0.2, 0.25) is 0 Å². The maximum absolute atomic E-state index is 11.4. The summed E-state index contributed by atoms with van der Waals surface area (Å²) in [5, 5.41) is 0. The second-order valence-corrected chi connectivity index (χ2v) is 5.30. The van der Waals surface area contributed by atoms with Crippen LogP contribution in [-0.2, 0) is 18.9 Å². The average Bonchev–Trinajstić information content (AvgIpc) is 2.51. The molecular formula is C17H32O6. The highest BCUT2D eigenvalue weighted by Gasteiger charge is 2.14. The highest BCUT2D eigenvalue weighted by Crippen LogP contribution is 2.15. The second kappa shape index (κ2) is 15.4. The predicted molar refractivity (Wildman–Crippen MR) is 87.5 cm³/mol. The molecule has 0 aliphatic rings. The molecule has 1 atom stereocenters. The van der Waals surface area contributed by atoms with Gasteiger partial charge in [-0.15, -0.1) is 0 Å². The molecule has 0 aromatic heterocycles. The Morgan fingerprint density at radius 2 is 1.35 bits per heavy atom. The molecule has 0 spiro atoms. The van der Waals surface area contributed by atoms with Crippen molar-refractivity contribution in [1.29, 1.82) is 0 Å². The Bertz CT molecular complexity index is 305. The first-order valence-electron chi connectivity index (χ1n) is 8.76. The first-order chi connectivity index (χ1) is 11.1. The highest BCUT2D eigenvalue weighted by atomic mass is 16.7. The van der Waals surface area contributed by atoms with Gasteiger partial charge in [0.1, 0.15) is 6.10 Å². The number of unbranched alkanes of at least 4 members (excludes halogenated alkanes) is 4. The van der Waals surface area contributed by atoms with Crippen molar-refractivity contribution in [2.45, 2.75) is 78.2 Å². The van der Waals surface area contributed by atoms with Crippen LogP contribution in [0.2, 0.25) is 0 Å². The zero-order valence-corrected chi connectivity index (χ0v) is 14.8. The molecule has 0 N–H and O–H groups in total. The molecule has 0 bridgehead atoms. The number of hydrogen-bond acceptors (Lipinski definition) is 6. The molecule has 0 aliphatic carbocycles. The second-order valence-electron chi connectivity index (χ2n) is 5.30. The number of carbonyl (C=O) groups is 2. The quantitative estimate of drug-likeness (QED) is 0.355. The molecule has 0 rings (SSSR count). The predicted octanol–water partition coefficient (Wildman–Crippen LogP) is 4.84. The fourth-order valence-electron chi connectivity index (χ4n) is 2.12. The lowest BCUT2D eigenvalue weighted by Gasteiger charge is -2.17. The molecule has 6 heteroatoms. The molecule has 0 aromatic rings. The smallest absolute Gasteiger partial charge is 0.435 e. The minimum Gasteiger partial charge on any atom is -0.435 e. The third-order valence-electron chi connectivity index (χ3n) is 3.31. The van der Waals surface area contributed by atoms with Crippen LogP contribution in [0.3, 0.4) is 0 Å². The molecule has 0 saturated carbocycles. The van der Waals surface area contributed by atoms with Crippen molar-refractivity contribution in [3.8, 4) is 0 Å².